The number of rotatable bonds is 2. The smallest absolute Gasteiger partial charge is 0.0547 e. The Bertz CT molecular complexity index is 2420. The highest BCUT2D eigenvalue weighted by Gasteiger charge is 2.17. The number of para-hydroxylation sites is 2. The molecule has 3 heterocycles. The minimum atomic E-state index is 1.13. The molecule has 0 aliphatic carbocycles. The van der Waals surface area contributed by atoms with Crippen LogP contribution in [0.15, 0.2) is 134 Å². The lowest BCUT2D eigenvalue weighted by atomic mass is 9.92. The number of fused-ring (bicyclic) bond motifs is 9. The van der Waals surface area contributed by atoms with Gasteiger partial charge in [0.1, 0.15) is 0 Å². The standard InChI is InChI=1S/C37H22N2S/c1-2-10-25(11-3-1)39-34-14-6-4-12-26(34)32-20-30-29-19-33-27-13-5-7-15-36(27)40-37(33)18-24(29)17-28(31(30)21-35(32)39)23-9-8-16-38-22-23/h1-22H. The molecule has 9 aromatic rings. The molecule has 0 spiro atoms. The summed E-state index contributed by atoms with van der Waals surface area (Å²) in [4.78, 5) is 4.49. The Morgan fingerprint density at radius 3 is 2.17 bits per heavy atom. The van der Waals surface area contributed by atoms with Gasteiger partial charge >= 0.3 is 0 Å². The van der Waals surface area contributed by atoms with Gasteiger partial charge < -0.3 is 4.57 Å². The first-order chi connectivity index (χ1) is 19.8. The van der Waals surface area contributed by atoms with Crippen LogP contribution in [-0.4, -0.2) is 9.55 Å². The van der Waals surface area contributed by atoms with Gasteiger partial charge in [-0.3, -0.25) is 4.98 Å². The van der Waals surface area contributed by atoms with Crippen LogP contribution >= 0.6 is 11.3 Å². The van der Waals surface area contributed by atoms with E-state index in [-0.39, 0.29) is 0 Å². The number of hydrogen-bond acceptors (Lipinski definition) is 2. The van der Waals surface area contributed by atoms with Gasteiger partial charge in [0.15, 0.2) is 0 Å². The Morgan fingerprint density at radius 2 is 1.30 bits per heavy atom. The fraction of sp³-hybridized carbons (Fsp3) is 0. The first-order valence-electron chi connectivity index (χ1n) is 13.5. The van der Waals surface area contributed by atoms with E-state index in [1.165, 1.54) is 74.8 Å². The maximum absolute atomic E-state index is 4.49. The monoisotopic (exact) mass is 526 g/mol. The normalized spacial score (nSPS) is 12.0. The summed E-state index contributed by atoms with van der Waals surface area (Å²) in [5, 5.41) is 10.3. The minimum Gasteiger partial charge on any atom is -0.309 e. The lowest BCUT2D eigenvalue weighted by Gasteiger charge is -2.13. The third-order valence-corrected chi connectivity index (χ3v) is 9.36. The van der Waals surface area contributed by atoms with Gasteiger partial charge in [0.2, 0.25) is 0 Å². The maximum Gasteiger partial charge on any atom is 0.0547 e. The molecule has 9 rings (SSSR count). The second kappa shape index (κ2) is 8.25. The van der Waals surface area contributed by atoms with E-state index in [4.69, 9.17) is 0 Å². The third-order valence-electron chi connectivity index (χ3n) is 8.23. The molecule has 0 amide bonds. The zero-order chi connectivity index (χ0) is 26.2. The van der Waals surface area contributed by atoms with Crippen LogP contribution in [0, 0.1) is 0 Å². The summed E-state index contributed by atoms with van der Waals surface area (Å²) >= 11 is 1.87. The van der Waals surface area contributed by atoms with E-state index in [1.54, 1.807) is 0 Å². The highest BCUT2D eigenvalue weighted by Crippen LogP contribution is 2.43. The van der Waals surface area contributed by atoms with Crippen LogP contribution in [0.1, 0.15) is 0 Å². The van der Waals surface area contributed by atoms with Crippen LogP contribution in [0.5, 0.6) is 0 Å². The first kappa shape index (κ1) is 21.9. The van der Waals surface area contributed by atoms with Crippen LogP contribution in [0.2, 0.25) is 0 Å². The van der Waals surface area contributed by atoms with Crippen LogP contribution in [0.25, 0.3) is 80.3 Å². The number of thiophene rings is 1. The summed E-state index contributed by atoms with van der Waals surface area (Å²) in [7, 11) is 0. The predicted octanol–water partition coefficient (Wildman–Crippen LogP) is 10.5. The van der Waals surface area contributed by atoms with Crippen LogP contribution in [0.4, 0.5) is 0 Å². The number of hydrogen-bond donors (Lipinski definition) is 0. The molecule has 0 saturated heterocycles. The summed E-state index contributed by atoms with van der Waals surface area (Å²) in [6.45, 7) is 0. The Morgan fingerprint density at radius 1 is 0.500 bits per heavy atom. The van der Waals surface area contributed by atoms with Crippen LogP contribution < -0.4 is 0 Å². The zero-order valence-corrected chi connectivity index (χ0v) is 22.3. The predicted molar refractivity (Wildman–Crippen MR) is 172 cm³/mol. The third kappa shape index (κ3) is 3.07. The van der Waals surface area contributed by atoms with Crippen molar-refractivity contribution in [2.75, 3.05) is 0 Å². The number of pyridine rings is 1. The number of aromatic nitrogens is 2. The lowest BCUT2D eigenvalue weighted by Crippen LogP contribution is -1.93. The lowest BCUT2D eigenvalue weighted by molar-refractivity contribution is 1.18. The molecule has 3 aromatic heterocycles. The SMILES string of the molecule is c1ccc(-n2c3ccccc3c3cc4c(cc32)c(-c2cccnc2)cc2cc3sc5ccccc5c3cc24)cc1. The van der Waals surface area contributed by atoms with Crippen LogP contribution in [0.3, 0.4) is 0 Å². The van der Waals surface area contributed by atoms with Crippen molar-refractivity contribution in [2.45, 2.75) is 0 Å². The molecule has 186 valence electrons. The molecule has 3 heteroatoms. The molecule has 0 fully saturated rings. The maximum atomic E-state index is 4.49. The molecule has 0 bridgehead atoms. The van der Waals surface area contributed by atoms with E-state index in [0.29, 0.717) is 0 Å². The average Bonchev–Trinajstić information content (AvgIpc) is 3.54. The van der Waals surface area contributed by atoms with E-state index >= 15 is 0 Å². The van der Waals surface area contributed by atoms with Gasteiger partial charge in [-0.1, -0.05) is 60.7 Å². The van der Waals surface area contributed by atoms with E-state index in [0.717, 1.165) is 5.56 Å². The Balaban J connectivity index is 1.50. The minimum absolute atomic E-state index is 1.13. The Hall–Kier alpha value is -4.99. The molecule has 0 radical (unpaired) electrons. The van der Waals surface area contributed by atoms with Gasteiger partial charge in [0.05, 0.1) is 11.0 Å². The largest absolute Gasteiger partial charge is 0.309 e. The summed E-state index contributed by atoms with van der Waals surface area (Å²) in [6.07, 6.45) is 3.83. The Kier molecular flexibility index (Phi) is 4.52. The molecular formula is C37H22N2S. The molecular weight excluding hydrogens is 504 g/mol. The van der Waals surface area contributed by atoms with E-state index < -0.39 is 0 Å². The highest BCUT2D eigenvalue weighted by atomic mass is 32.1. The molecule has 0 N–H and O–H groups in total. The number of benzene rings is 6. The molecule has 0 aliphatic heterocycles. The molecule has 0 aliphatic rings. The molecule has 2 nitrogen and oxygen atoms in total. The van der Waals surface area contributed by atoms with Crippen molar-refractivity contribution in [3.05, 3.63) is 134 Å². The highest BCUT2D eigenvalue weighted by molar-refractivity contribution is 7.25. The molecule has 0 atom stereocenters. The van der Waals surface area contributed by atoms with Gasteiger partial charge in [-0.25, -0.2) is 0 Å². The van der Waals surface area contributed by atoms with Crippen molar-refractivity contribution < 1.29 is 0 Å². The fourth-order valence-corrected chi connectivity index (χ4v) is 7.59. The molecule has 0 unspecified atom stereocenters. The molecule has 40 heavy (non-hydrogen) atoms. The second-order valence-electron chi connectivity index (χ2n) is 10.4. The van der Waals surface area contributed by atoms with E-state index in [1.807, 2.05) is 29.8 Å². The van der Waals surface area contributed by atoms with Crippen molar-refractivity contribution >= 4 is 74.9 Å². The summed E-state index contributed by atoms with van der Waals surface area (Å²) < 4.78 is 5.06. The van der Waals surface area contributed by atoms with Gasteiger partial charge in [-0.05, 0) is 87.8 Å². The Labute approximate surface area is 234 Å². The fourth-order valence-electron chi connectivity index (χ4n) is 6.45. The van der Waals surface area contributed by atoms with Crippen molar-refractivity contribution in [3.63, 3.8) is 0 Å². The van der Waals surface area contributed by atoms with E-state index in [2.05, 4.69) is 125 Å². The van der Waals surface area contributed by atoms with Crippen molar-refractivity contribution in [2.24, 2.45) is 0 Å². The van der Waals surface area contributed by atoms with Gasteiger partial charge in [0, 0.05) is 54.6 Å². The van der Waals surface area contributed by atoms with Gasteiger partial charge in [-0.15, -0.1) is 11.3 Å². The second-order valence-corrected chi connectivity index (χ2v) is 11.5. The number of nitrogens with zero attached hydrogens (tertiary/aromatic N) is 2. The zero-order valence-electron chi connectivity index (χ0n) is 21.5. The van der Waals surface area contributed by atoms with Crippen molar-refractivity contribution in [1.29, 1.82) is 0 Å². The summed E-state index contributed by atoms with van der Waals surface area (Å²) in [5.74, 6) is 0. The van der Waals surface area contributed by atoms with Gasteiger partial charge in [-0.2, -0.15) is 0 Å². The van der Waals surface area contributed by atoms with Crippen molar-refractivity contribution in [3.8, 4) is 16.8 Å². The van der Waals surface area contributed by atoms with E-state index in [9.17, 15) is 0 Å². The first-order valence-corrected chi connectivity index (χ1v) is 14.4. The quantitative estimate of drug-likeness (QED) is 0.205. The summed E-state index contributed by atoms with van der Waals surface area (Å²) in [5.41, 5.74) is 5.95. The van der Waals surface area contributed by atoms with Crippen molar-refractivity contribution in [1.82, 2.24) is 9.55 Å². The summed E-state index contributed by atoms with van der Waals surface area (Å²) in [6, 6.07) is 44.4. The molecule has 6 aromatic carbocycles. The topological polar surface area (TPSA) is 17.8 Å². The van der Waals surface area contributed by atoms with Gasteiger partial charge in [0.25, 0.3) is 0 Å². The molecule has 0 saturated carbocycles. The van der Waals surface area contributed by atoms with Crippen LogP contribution in [-0.2, 0) is 0 Å². The average molecular weight is 527 g/mol.